The van der Waals surface area contributed by atoms with E-state index in [0.29, 0.717) is 22.9 Å². The Balaban J connectivity index is 1.34. The highest BCUT2D eigenvalue weighted by Crippen LogP contribution is 2.49. The molecule has 0 amide bonds. The Kier molecular flexibility index (Phi) is 7.70. The predicted octanol–water partition coefficient (Wildman–Crippen LogP) is 6.28. The lowest BCUT2D eigenvalue weighted by Crippen LogP contribution is -2.54. The number of rotatable bonds is 6. The van der Waals surface area contributed by atoms with Gasteiger partial charge in [0.25, 0.3) is 0 Å². The van der Waals surface area contributed by atoms with Gasteiger partial charge in [0, 0.05) is 43.8 Å². The summed E-state index contributed by atoms with van der Waals surface area (Å²) in [6.45, 7) is 23.9. The van der Waals surface area contributed by atoms with E-state index < -0.39 is 0 Å². The summed E-state index contributed by atoms with van der Waals surface area (Å²) in [7, 11) is 0. The Bertz CT molecular complexity index is 616. The molecule has 5 atom stereocenters. The van der Waals surface area contributed by atoms with E-state index in [0.717, 1.165) is 23.9 Å². The van der Waals surface area contributed by atoms with Crippen LogP contribution in [0.5, 0.6) is 0 Å². The number of hydrogen-bond donors (Lipinski definition) is 0. The van der Waals surface area contributed by atoms with Crippen molar-refractivity contribution in [2.24, 2.45) is 22.7 Å². The summed E-state index contributed by atoms with van der Waals surface area (Å²) < 4.78 is 0. The maximum Gasteiger partial charge on any atom is 0.0113 e. The Morgan fingerprint density at radius 1 is 0.719 bits per heavy atom. The third-order valence-electron chi connectivity index (χ3n) is 10.5. The fourth-order valence-electron chi connectivity index (χ4n) is 8.16. The third-order valence-corrected chi connectivity index (χ3v) is 10.5. The van der Waals surface area contributed by atoms with Crippen LogP contribution in [0.4, 0.5) is 0 Å². The van der Waals surface area contributed by atoms with E-state index in [1.54, 1.807) is 0 Å². The molecule has 32 heavy (non-hydrogen) atoms. The molecule has 1 aliphatic carbocycles. The third kappa shape index (κ3) is 5.25. The lowest BCUT2D eigenvalue weighted by atomic mass is 9.66. The van der Waals surface area contributed by atoms with E-state index in [-0.39, 0.29) is 0 Å². The summed E-state index contributed by atoms with van der Waals surface area (Å²) >= 11 is 0. The first-order chi connectivity index (χ1) is 15.1. The van der Waals surface area contributed by atoms with Crippen molar-refractivity contribution < 1.29 is 0 Å². The van der Waals surface area contributed by atoms with Crippen molar-refractivity contribution in [1.82, 2.24) is 14.7 Å². The molecule has 3 heteroatoms. The normalized spacial score (nSPS) is 38.8. The molecule has 0 aromatic heterocycles. The molecule has 3 heterocycles. The van der Waals surface area contributed by atoms with Crippen LogP contribution in [0.1, 0.15) is 106 Å². The molecule has 1 saturated carbocycles. The van der Waals surface area contributed by atoms with Crippen LogP contribution in [-0.4, -0.2) is 71.6 Å². The van der Waals surface area contributed by atoms with Crippen molar-refractivity contribution in [1.29, 1.82) is 0 Å². The second-order valence-corrected chi connectivity index (χ2v) is 13.7. The Labute approximate surface area is 200 Å². The van der Waals surface area contributed by atoms with E-state index >= 15 is 0 Å². The molecule has 3 aliphatic heterocycles. The summed E-state index contributed by atoms with van der Waals surface area (Å²) in [4.78, 5) is 8.56. The number of likely N-dealkylation sites (tertiary alicyclic amines) is 3. The van der Waals surface area contributed by atoms with Crippen LogP contribution in [0.15, 0.2) is 0 Å². The standard InChI is InChI=1S/C29H55N3/c1-22(2)26-9-8-11-28(18-26)13-16-31(19-28)25(7)17-27-10-12-29(21-32(27)24(5)6)14-15-30(20-29)23(3)4/h22-27H,8-21H2,1-7H3. The smallest absolute Gasteiger partial charge is 0.0113 e. The molecule has 186 valence electrons. The van der Waals surface area contributed by atoms with Crippen molar-refractivity contribution in [2.75, 3.05) is 32.7 Å². The molecule has 0 aromatic carbocycles. The van der Waals surface area contributed by atoms with Crippen molar-refractivity contribution in [3.05, 3.63) is 0 Å². The predicted molar refractivity (Wildman–Crippen MR) is 138 cm³/mol. The quantitative estimate of drug-likeness (QED) is 0.476. The molecule has 0 radical (unpaired) electrons. The van der Waals surface area contributed by atoms with Crippen molar-refractivity contribution >= 4 is 0 Å². The van der Waals surface area contributed by atoms with Gasteiger partial charge in [-0.3, -0.25) is 4.90 Å². The van der Waals surface area contributed by atoms with Crippen LogP contribution in [0.25, 0.3) is 0 Å². The molecular formula is C29H55N3. The van der Waals surface area contributed by atoms with Gasteiger partial charge in [0.05, 0.1) is 0 Å². The van der Waals surface area contributed by atoms with E-state index in [1.807, 2.05) is 0 Å². The molecule has 4 fully saturated rings. The van der Waals surface area contributed by atoms with Crippen molar-refractivity contribution in [3.63, 3.8) is 0 Å². The minimum atomic E-state index is 0.569. The number of piperidine rings is 1. The zero-order chi connectivity index (χ0) is 23.1. The van der Waals surface area contributed by atoms with E-state index in [2.05, 4.69) is 63.2 Å². The average molecular weight is 446 g/mol. The molecular weight excluding hydrogens is 390 g/mol. The fourth-order valence-corrected chi connectivity index (χ4v) is 8.16. The first-order valence-corrected chi connectivity index (χ1v) is 14.4. The molecule has 0 aromatic rings. The van der Waals surface area contributed by atoms with Gasteiger partial charge in [-0.05, 0) is 115 Å². The van der Waals surface area contributed by atoms with Crippen LogP contribution in [0.3, 0.4) is 0 Å². The van der Waals surface area contributed by atoms with Gasteiger partial charge < -0.3 is 9.80 Å². The van der Waals surface area contributed by atoms with Crippen LogP contribution >= 0.6 is 0 Å². The molecule has 0 N–H and O–H groups in total. The van der Waals surface area contributed by atoms with Crippen molar-refractivity contribution in [2.45, 2.75) is 130 Å². The van der Waals surface area contributed by atoms with Gasteiger partial charge in [-0.2, -0.15) is 0 Å². The second-order valence-electron chi connectivity index (χ2n) is 13.7. The van der Waals surface area contributed by atoms with Gasteiger partial charge in [0.2, 0.25) is 0 Å². The summed E-state index contributed by atoms with van der Waals surface area (Å²) in [5.41, 5.74) is 1.22. The van der Waals surface area contributed by atoms with Crippen LogP contribution in [-0.2, 0) is 0 Å². The average Bonchev–Trinajstić information content (AvgIpc) is 3.34. The molecule has 5 unspecified atom stereocenters. The molecule has 3 nitrogen and oxygen atoms in total. The lowest BCUT2D eigenvalue weighted by Gasteiger charge is -2.49. The SMILES string of the molecule is CC(C)C1CCCC2(CCN(C(C)CC3CCC4(CCN(C(C)C)C4)CN3C(C)C)C2)C1. The highest BCUT2D eigenvalue weighted by molar-refractivity contribution is 5.01. The van der Waals surface area contributed by atoms with E-state index in [9.17, 15) is 0 Å². The zero-order valence-electron chi connectivity index (χ0n) is 22.7. The van der Waals surface area contributed by atoms with Crippen LogP contribution < -0.4 is 0 Å². The topological polar surface area (TPSA) is 9.72 Å². The summed E-state index contributed by atoms with van der Waals surface area (Å²) in [6.07, 6.45) is 13.1. The Hall–Kier alpha value is -0.120. The minimum absolute atomic E-state index is 0.569. The van der Waals surface area contributed by atoms with Gasteiger partial charge in [-0.25, -0.2) is 0 Å². The fraction of sp³-hybridized carbons (Fsp3) is 1.00. The van der Waals surface area contributed by atoms with E-state index in [1.165, 1.54) is 90.5 Å². The summed E-state index contributed by atoms with van der Waals surface area (Å²) in [5, 5.41) is 0. The largest absolute Gasteiger partial charge is 0.300 e. The van der Waals surface area contributed by atoms with Gasteiger partial charge in [0.1, 0.15) is 0 Å². The number of hydrogen-bond acceptors (Lipinski definition) is 3. The first kappa shape index (κ1) is 25.0. The second kappa shape index (κ2) is 9.86. The maximum absolute atomic E-state index is 2.92. The van der Waals surface area contributed by atoms with Crippen molar-refractivity contribution in [3.8, 4) is 0 Å². The highest BCUT2D eigenvalue weighted by Gasteiger charge is 2.47. The minimum Gasteiger partial charge on any atom is -0.300 e. The molecule has 3 saturated heterocycles. The lowest BCUT2D eigenvalue weighted by molar-refractivity contribution is 0.00767. The molecule has 2 spiro atoms. The number of nitrogens with zero attached hydrogens (tertiary/aromatic N) is 3. The van der Waals surface area contributed by atoms with E-state index in [4.69, 9.17) is 0 Å². The maximum atomic E-state index is 2.92. The monoisotopic (exact) mass is 445 g/mol. The molecule has 4 rings (SSSR count). The van der Waals surface area contributed by atoms with Gasteiger partial charge >= 0.3 is 0 Å². The molecule has 0 bridgehead atoms. The van der Waals surface area contributed by atoms with Gasteiger partial charge in [-0.1, -0.05) is 26.7 Å². The van der Waals surface area contributed by atoms with Gasteiger partial charge in [0.15, 0.2) is 0 Å². The van der Waals surface area contributed by atoms with Crippen LogP contribution in [0.2, 0.25) is 0 Å². The highest BCUT2D eigenvalue weighted by atomic mass is 15.3. The van der Waals surface area contributed by atoms with Gasteiger partial charge in [-0.15, -0.1) is 0 Å². The summed E-state index contributed by atoms with van der Waals surface area (Å²) in [6, 6.07) is 2.91. The Morgan fingerprint density at radius 3 is 2.06 bits per heavy atom. The van der Waals surface area contributed by atoms with Crippen LogP contribution in [0, 0.1) is 22.7 Å². The first-order valence-electron chi connectivity index (χ1n) is 14.4. The summed E-state index contributed by atoms with van der Waals surface area (Å²) in [5.74, 6) is 1.84. The Morgan fingerprint density at radius 2 is 1.41 bits per heavy atom. The zero-order valence-corrected chi connectivity index (χ0v) is 22.7. The molecule has 4 aliphatic rings.